The second kappa shape index (κ2) is 7.49. The van der Waals surface area contributed by atoms with Gasteiger partial charge in [-0.05, 0) is 63.3 Å². The van der Waals surface area contributed by atoms with Gasteiger partial charge in [0, 0.05) is 13.2 Å². The second-order valence-corrected chi connectivity index (χ2v) is 7.14. The Morgan fingerprint density at radius 2 is 2.17 bits per heavy atom. The standard InChI is InChI=1S/C18H26FNO4/c1-18(2,3)24-17(23)20-9-4-5-15(20)16(22)14-7-6-13(19)11-12(14)8-10-21/h6-7,11,15-16,21-22H,4-5,8-10H2,1-3H3/t15-,16-/m0/s1. The van der Waals surface area contributed by atoms with E-state index in [1.54, 1.807) is 25.7 Å². The van der Waals surface area contributed by atoms with Crippen LogP contribution < -0.4 is 0 Å². The highest BCUT2D eigenvalue weighted by molar-refractivity contribution is 5.69. The van der Waals surface area contributed by atoms with E-state index in [1.807, 2.05) is 0 Å². The van der Waals surface area contributed by atoms with Crippen molar-refractivity contribution in [3.8, 4) is 0 Å². The summed E-state index contributed by atoms with van der Waals surface area (Å²) in [5.41, 5.74) is 0.500. The van der Waals surface area contributed by atoms with Gasteiger partial charge < -0.3 is 19.8 Å². The molecule has 1 fully saturated rings. The summed E-state index contributed by atoms with van der Waals surface area (Å²) in [6.45, 7) is 5.78. The van der Waals surface area contributed by atoms with Crippen molar-refractivity contribution < 1.29 is 24.1 Å². The van der Waals surface area contributed by atoms with Gasteiger partial charge in [-0.25, -0.2) is 9.18 Å². The first-order valence-electron chi connectivity index (χ1n) is 8.30. The van der Waals surface area contributed by atoms with Crippen molar-refractivity contribution in [2.45, 2.75) is 57.8 Å². The molecule has 1 aliphatic heterocycles. The van der Waals surface area contributed by atoms with Crippen LogP contribution in [0.2, 0.25) is 0 Å². The third-order valence-corrected chi connectivity index (χ3v) is 4.10. The molecule has 1 aromatic rings. The number of ether oxygens (including phenoxy) is 1. The molecule has 0 spiro atoms. The highest BCUT2D eigenvalue weighted by Gasteiger charge is 2.37. The first-order valence-corrected chi connectivity index (χ1v) is 8.30. The third-order valence-electron chi connectivity index (χ3n) is 4.10. The van der Waals surface area contributed by atoms with Crippen molar-refractivity contribution in [3.05, 3.63) is 35.1 Å². The maximum absolute atomic E-state index is 13.5. The van der Waals surface area contributed by atoms with Crippen LogP contribution in [-0.2, 0) is 11.2 Å². The molecule has 2 atom stereocenters. The van der Waals surface area contributed by atoms with Crippen LogP contribution in [0.3, 0.4) is 0 Å². The van der Waals surface area contributed by atoms with Crippen molar-refractivity contribution in [2.24, 2.45) is 0 Å². The molecular weight excluding hydrogens is 313 g/mol. The van der Waals surface area contributed by atoms with Crippen LogP contribution in [0.25, 0.3) is 0 Å². The fraction of sp³-hybridized carbons (Fsp3) is 0.611. The first kappa shape index (κ1) is 18.7. The van der Waals surface area contributed by atoms with Gasteiger partial charge in [0.2, 0.25) is 0 Å². The summed E-state index contributed by atoms with van der Waals surface area (Å²) in [6, 6.07) is 3.72. The molecule has 0 aliphatic carbocycles. The molecule has 1 heterocycles. The number of nitrogens with zero attached hydrogens (tertiary/aromatic N) is 1. The number of hydrogen-bond acceptors (Lipinski definition) is 4. The predicted molar refractivity (Wildman–Crippen MR) is 88.1 cm³/mol. The monoisotopic (exact) mass is 339 g/mol. The van der Waals surface area contributed by atoms with Crippen LogP contribution in [-0.4, -0.2) is 46.0 Å². The van der Waals surface area contributed by atoms with Gasteiger partial charge in [-0.15, -0.1) is 0 Å². The molecule has 1 amide bonds. The second-order valence-electron chi connectivity index (χ2n) is 7.14. The minimum atomic E-state index is -0.942. The Hall–Kier alpha value is -1.66. The number of carbonyl (C=O) groups excluding carboxylic acids is 1. The van der Waals surface area contributed by atoms with Crippen LogP contribution in [0.4, 0.5) is 9.18 Å². The molecule has 0 unspecified atom stereocenters. The van der Waals surface area contributed by atoms with E-state index in [2.05, 4.69) is 0 Å². The normalized spacial score (nSPS) is 19.4. The zero-order valence-corrected chi connectivity index (χ0v) is 14.5. The maximum Gasteiger partial charge on any atom is 0.410 e. The van der Waals surface area contributed by atoms with E-state index < -0.39 is 29.7 Å². The molecule has 0 saturated carbocycles. The quantitative estimate of drug-likeness (QED) is 0.885. The van der Waals surface area contributed by atoms with E-state index in [-0.39, 0.29) is 13.0 Å². The summed E-state index contributed by atoms with van der Waals surface area (Å²) >= 11 is 0. The smallest absolute Gasteiger partial charge is 0.410 e. The van der Waals surface area contributed by atoms with E-state index in [0.717, 1.165) is 6.42 Å². The molecule has 6 heteroatoms. The van der Waals surface area contributed by atoms with Gasteiger partial charge in [-0.2, -0.15) is 0 Å². The van der Waals surface area contributed by atoms with E-state index in [9.17, 15) is 14.3 Å². The first-order chi connectivity index (χ1) is 11.2. The molecule has 134 valence electrons. The Kier molecular flexibility index (Phi) is 5.83. The van der Waals surface area contributed by atoms with Crippen LogP contribution >= 0.6 is 0 Å². The van der Waals surface area contributed by atoms with Crippen LogP contribution in [0.1, 0.15) is 50.8 Å². The number of rotatable bonds is 4. The van der Waals surface area contributed by atoms with Crippen LogP contribution in [0.15, 0.2) is 18.2 Å². The highest BCUT2D eigenvalue weighted by atomic mass is 19.1. The summed E-state index contributed by atoms with van der Waals surface area (Å²) in [4.78, 5) is 13.9. The number of likely N-dealkylation sites (tertiary alicyclic amines) is 1. The molecule has 0 radical (unpaired) electrons. The highest BCUT2D eigenvalue weighted by Crippen LogP contribution is 2.32. The van der Waals surface area contributed by atoms with Crippen LogP contribution in [0.5, 0.6) is 0 Å². The van der Waals surface area contributed by atoms with Crippen molar-refractivity contribution in [3.63, 3.8) is 0 Å². The zero-order chi connectivity index (χ0) is 17.9. The number of amides is 1. The van der Waals surface area contributed by atoms with E-state index in [4.69, 9.17) is 9.84 Å². The Morgan fingerprint density at radius 1 is 1.46 bits per heavy atom. The van der Waals surface area contributed by atoms with Gasteiger partial charge >= 0.3 is 6.09 Å². The average Bonchev–Trinajstić information content (AvgIpc) is 2.95. The molecule has 2 N–H and O–H groups in total. The number of carbonyl (C=O) groups is 1. The third kappa shape index (κ3) is 4.45. The summed E-state index contributed by atoms with van der Waals surface area (Å²) in [5, 5.41) is 19.9. The summed E-state index contributed by atoms with van der Waals surface area (Å²) in [7, 11) is 0. The molecular formula is C18H26FNO4. The number of aliphatic hydroxyl groups excluding tert-OH is 2. The van der Waals surface area contributed by atoms with Gasteiger partial charge in [0.05, 0.1) is 12.1 Å². The zero-order valence-electron chi connectivity index (χ0n) is 14.5. The number of benzene rings is 1. The summed E-state index contributed by atoms with van der Waals surface area (Å²) in [5.74, 6) is -0.412. The van der Waals surface area contributed by atoms with Crippen molar-refractivity contribution in [1.82, 2.24) is 4.90 Å². The van der Waals surface area contributed by atoms with Crippen molar-refractivity contribution >= 4 is 6.09 Å². The lowest BCUT2D eigenvalue weighted by Gasteiger charge is -2.31. The van der Waals surface area contributed by atoms with Gasteiger partial charge in [0.15, 0.2) is 0 Å². The molecule has 1 aromatic carbocycles. The number of hydrogen-bond donors (Lipinski definition) is 2. The molecule has 1 aliphatic rings. The largest absolute Gasteiger partial charge is 0.444 e. The fourth-order valence-electron chi connectivity index (χ4n) is 3.08. The molecule has 0 bridgehead atoms. The topological polar surface area (TPSA) is 70.0 Å². The van der Waals surface area contributed by atoms with Crippen molar-refractivity contribution in [1.29, 1.82) is 0 Å². The molecule has 24 heavy (non-hydrogen) atoms. The Labute approximate surface area is 142 Å². The Morgan fingerprint density at radius 3 is 2.79 bits per heavy atom. The van der Waals surface area contributed by atoms with Gasteiger partial charge in [0.25, 0.3) is 0 Å². The molecule has 0 aromatic heterocycles. The summed E-state index contributed by atoms with van der Waals surface area (Å²) < 4.78 is 18.9. The van der Waals surface area contributed by atoms with Gasteiger partial charge in [0.1, 0.15) is 11.4 Å². The minimum absolute atomic E-state index is 0.135. The lowest BCUT2D eigenvalue weighted by Crippen LogP contribution is -2.42. The van der Waals surface area contributed by atoms with Gasteiger partial charge in [-0.1, -0.05) is 6.07 Å². The van der Waals surface area contributed by atoms with E-state index >= 15 is 0 Å². The van der Waals surface area contributed by atoms with E-state index in [1.165, 1.54) is 18.2 Å². The lowest BCUT2D eigenvalue weighted by molar-refractivity contribution is 0.00471. The van der Waals surface area contributed by atoms with E-state index in [0.29, 0.717) is 24.1 Å². The van der Waals surface area contributed by atoms with Crippen LogP contribution in [0, 0.1) is 5.82 Å². The number of halogens is 1. The lowest BCUT2D eigenvalue weighted by atomic mass is 9.94. The van der Waals surface area contributed by atoms with Crippen molar-refractivity contribution in [2.75, 3.05) is 13.2 Å². The molecule has 2 rings (SSSR count). The SMILES string of the molecule is CC(C)(C)OC(=O)N1CCC[C@H]1[C@@H](O)c1ccc(F)cc1CCO. The Balaban J connectivity index is 2.22. The predicted octanol–water partition coefficient (Wildman–Crippen LogP) is 2.79. The minimum Gasteiger partial charge on any atom is -0.444 e. The summed E-state index contributed by atoms with van der Waals surface area (Å²) in [6.07, 6.45) is 0.286. The fourth-order valence-corrected chi connectivity index (χ4v) is 3.08. The maximum atomic E-state index is 13.5. The molecule has 5 nitrogen and oxygen atoms in total. The van der Waals surface area contributed by atoms with Gasteiger partial charge in [-0.3, -0.25) is 0 Å². The Bertz CT molecular complexity index is 585. The average molecular weight is 339 g/mol. The molecule has 1 saturated heterocycles. The number of aliphatic hydroxyl groups is 2.